The summed E-state index contributed by atoms with van der Waals surface area (Å²) >= 11 is 6.40. The van der Waals surface area contributed by atoms with Gasteiger partial charge in [-0.25, -0.2) is 0 Å². The Morgan fingerprint density at radius 3 is 3.12 bits per heavy atom. The molecule has 1 unspecified atom stereocenters. The average Bonchev–Trinajstić information content (AvgIpc) is 2.94. The topological polar surface area (TPSA) is 16.4 Å². The van der Waals surface area contributed by atoms with Crippen LogP contribution >= 0.6 is 11.6 Å². The molecule has 3 heteroatoms. The Bertz CT molecular complexity index is 538. The number of halogens is 1. The van der Waals surface area contributed by atoms with Gasteiger partial charge in [-0.3, -0.25) is 0 Å². The Kier molecular flexibility index (Phi) is 2.85. The maximum absolute atomic E-state index is 6.40. The SMILES string of the molecule is Cc1c(Cl)c2ccccn2c1CC1CCNC1. The number of fused-ring (bicyclic) bond motifs is 1. The average molecular weight is 249 g/mol. The standard InChI is InChI=1S/C14H17ClN2/c1-10-13(8-11-5-6-16-9-11)17-7-3-2-4-12(17)14(10)15/h2-4,7,11,16H,5-6,8-9H2,1H3. The van der Waals surface area contributed by atoms with E-state index in [0.717, 1.165) is 36.0 Å². The number of pyridine rings is 1. The normalized spacial score (nSPS) is 20.2. The van der Waals surface area contributed by atoms with Crippen LogP contribution in [0.3, 0.4) is 0 Å². The third-order valence-corrected chi connectivity index (χ3v) is 4.26. The summed E-state index contributed by atoms with van der Waals surface area (Å²) in [6.45, 7) is 4.42. The number of aromatic nitrogens is 1. The van der Waals surface area contributed by atoms with Crippen molar-refractivity contribution in [3.8, 4) is 0 Å². The first-order chi connectivity index (χ1) is 8.27. The maximum Gasteiger partial charge on any atom is 0.0693 e. The molecule has 2 nitrogen and oxygen atoms in total. The third-order valence-electron chi connectivity index (χ3n) is 3.78. The van der Waals surface area contributed by atoms with Crippen molar-refractivity contribution in [3.05, 3.63) is 40.7 Å². The van der Waals surface area contributed by atoms with Crippen LogP contribution in [0.1, 0.15) is 17.7 Å². The highest BCUT2D eigenvalue weighted by atomic mass is 35.5. The van der Waals surface area contributed by atoms with Crippen molar-refractivity contribution in [2.45, 2.75) is 19.8 Å². The van der Waals surface area contributed by atoms with Crippen molar-refractivity contribution in [2.24, 2.45) is 5.92 Å². The van der Waals surface area contributed by atoms with Crippen LogP contribution < -0.4 is 5.32 Å². The number of nitrogens with zero attached hydrogens (tertiary/aromatic N) is 1. The number of rotatable bonds is 2. The van der Waals surface area contributed by atoms with Gasteiger partial charge in [0.25, 0.3) is 0 Å². The highest BCUT2D eigenvalue weighted by molar-refractivity contribution is 6.34. The summed E-state index contributed by atoms with van der Waals surface area (Å²) < 4.78 is 2.25. The molecule has 1 atom stereocenters. The Morgan fingerprint density at radius 1 is 1.47 bits per heavy atom. The molecule has 1 aliphatic heterocycles. The number of nitrogens with one attached hydrogen (secondary N) is 1. The van der Waals surface area contributed by atoms with Gasteiger partial charge in [-0.2, -0.15) is 0 Å². The second kappa shape index (κ2) is 4.35. The fourth-order valence-corrected chi connectivity index (χ4v) is 3.03. The molecule has 0 aromatic carbocycles. The van der Waals surface area contributed by atoms with Gasteiger partial charge in [-0.15, -0.1) is 0 Å². The van der Waals surface area contributed by atoms with Gasteiger partial charge >= 0.3 is 0 Å². The van der Waals surface area contributed by atoms with Crippen LogP contribution in [0.4, 0.5) is 0 Å². The van der Waals surface area contributed by atoms with Crippen molar-refractivity contribution in [1.29, 1.82) is 0 Å². The Balaban J connectivity index is 2.05. The third kappa shape index (κ3) is 1.85. The minimum absolute atomic E-state index is 0.753. The molecule has 90 valence electrons. The quantitative estimate of drug-likeness (QED) is 0.864. The van der Waals surface area contributed by atoms with E-state index in [1.807, 2.05) is 6.07 Å². The molecule has 3 heterocycles. The monoisotopic (exact) mass is 248 g/mol. The van der Waals surface area contributed by atoms with E-state index in [9.17, 15) is 0 Å². The van der Waals surface area contributed by atoms with Crippen molar-refractivity contribution >= 4 is 17.1 Å². The fourth-order valence-electron chi connectivity index (χ4n) is 2.77. The lowest BCUT2D eigenvalue weighted by Crippen LogP contribution is -2.12. The summed E-state index contributed by atoms with van der Waals surface area (Å²) in [6, 6.07) is 6.20. The molecule has 1 saturated heterocycles. The lowest BCUT2D eigenvalue weighted by atomic mass is 10.0. The number of hydrogen-bond donors (Lipinski definition) is 1. The van der Waals surface area contributed by atoms with Crippen molar-refractivity contribution < 1.29 is 0 Å². The molecule has 1 fully saturated rings. The minimum atomic E-state index is 0.753. The molecule has 0 radical (unpaired) electrons. The van der Waals surface area contributed by atoms with E-state index in [-0.39, 0.29) is 0 Å². The number of hydrogen-bond acceptors (Lipinski definition) is 1. The summed E-state index contributed by atoms with van der Waals surface area (Å²) in [4.78, 5) is 0. The van der Waals surface area contributed by atoms with Crippen molar-refractivity contribution in [3.63, 3.8) is 0 Å². The predicted molar refractivity (Wildman–Crippen MR) is 71.8 cm³/mol. The molecule has 0 spiro atoms. The van der Waals surface area contributed by atoms with Gasteiger partial charge in [0.1, 0.15) is 0 Å². The minimum Gasteiger partial charge on any atom is -0.319 e. The Hall–Kier alpha value is -0.990. The molecule has 0 amide bonds. The van der Waals surface area contributed by atoms with E-state index in [1.165, 1.54) is 17.7 Å². The molecular formula is C14H17ClN2. The van der Waals surface area contributed by atoms with Gasteiger partial charge in [-0.05, 0) is 56.5 Å². The van der Waals surface area contributed by atoms with Gasteiger partial charge in [0, 0.05) is 11.9 Å². The zero-order valence-corrected chi connectivity index (χ0v) is 10.8. The van der Waals surface area contributed by atoms with Crippen molar-refractivity contribution in [1.82, 2.24) is 9.72 Å². The summed E-state index contributed by atoms with van der Waals surface area (Å²) in [7, 11) is 0. The zero-order chi connectivity index (χ0) is 11.8. The van der Waals surface area contributed by atoms with Gasteiger partial charge in [0.05, 0.1) is 10.5 Å². The van der Waals surface area contributed by atoms with E-state index in [0.29, 0.717) is 0 Å². The lowest BCUT2D eigenvalue weighted by molar-refractivity contribution is 0.568. The molecule has 17 heavy (non-hydrogen) atoms. The predicted octanol–water partition coefficient (Wildman–Crippen LogP) is 3.05. The van der Waals surface area contributed by atoms with E-state index in [2.05, 4.69) is 35.0 Å². The second-order valence-corrected chi connectivity index (χ2v) is 5.28. The Labute approximate surface area is 107 Å². The Morgan fingerprint density at radius 2 is 2.35 bits per heavy atom. The van der Waals surface area contributed by atoms with Crippen LogP contribution in [-0.4, -0.2) is 17.5 Å². The lowest BCUT2D eigenvalue weighted by Gasteiger charge is -2.09. The molecule has 0 aliphatic carbocycles. The molecule has 3 rings (SSSR count). The van der Waals surface area contributed by atoms with Gasteiger partial charge in [0.15, 0.2) is 0 Å². The highest BCUT2D eigenvalue weighted by Crippen LogP contribution is 2.30. The summed E-state index contributed by atoms with van der Waals surface area (Å²) in [5.74, 6) is 0.753. The van der Waals surface area contributed by atoms with Gasteiger partial charge in [0.2, 0.25) is 0 Å². The fraction of sp³-hybridized carbons (Fsp3) is 0.429. The van der Waals surface area contributed by atoms with Crippen LogP contribution in [-0.2, 0) is 6.42 Å². The van der Waals surface area contributed by atoms with Crippen LogP contribution in [0.2, 0.25) is 5.02 Å². The zero-order valence-electron chi connectivity index (χ0n) is 10.0. The van der Waals surface area contributed by atoms with Crippen molar-refractivity contribution in [2.75, 3.05) is 13.1 Å². The highest BCUT2D eigenvalue weighted by Gasteiger charge is 2.20. The summed E-state index contributed by atoms with van der Waals surface area (Å²) in [6.07, 6.45) is 4.51. The molecule has 1 N–H and O–H groups in total. The first-order valence-electron chi connectivity index (χ1n) is 6.22. The first-order valence-corrected chi connectivity index (χ1v) is 6.60. The molecule has 0 saturated carbocycles. The molecule has 2 aromatic rings. The molecular weight excluding hydrogens is 232 g/mol. The van der Waals surface area contributed by atoms with E-state index in [1.54, 1.807) is 0 Å². The second-order valence-electron chi connectivity index (χ2n) is 4.90. The smallest absolute Gasteiger partial charge is 0.0693 e. The van der Waals surface area contributed by atoms with Gasteiger partial charge < -0.3 is 9.72 Å². The maximum atomic E-state index is 6.40. The molecule has 1 aliphatic rings. The van der Waals surface area contributed by atoms with Crippen LogP contribution in [0.5, 0.6) is 0 Å². The van der Waals surface area contributed by atoms with Gasteiger partial charge in [-0.1, -0.05) is 17.7 Å². The van der Waals surface area contributed by atoms with E-state index < -0.39 is 0 Å². The van der Waals surface area contributed by atoms with Crippen LogP contribution in [0.25, 0.3) is 5.52 Å². The van der Waals surface area contributed by atoms with Crippen LogP contribution in [0, 0.1) is 12.8 Å². The first kappa shape index (κ1) is 11.1. The van der Waals surface area contributed by atoms with Crippen LogP contribution in [0.15, 0.2) is 24.4 Å². The molecule has 0 bridgehead atoms. The van der Waals surface area contributed by atoms with E-state index >= 15 is 0 Å². The largest absolute Gasteiger partial charge is 0.319 e. The van der Waals surface area contributed by atoms with E-state index in [4.69, 9.17) is 11.6 Å². The summed E-state index contributed by atoms with van der Waals surface area (Å²) in [5, 5.41) is 4.33. The molecule has 2 aromatic heterocycles. The summed E-state index contributed by atoms with van der Waals surface area (Å²) in [5.41, 5.74) is 3.75.